The minimum Gasteiger partial charge on any atom is -0.309 e. The molecule has 0 N–H and O–H groups in total. The van der Waals surface area contributed by atoms with Gasteiger partial charge in [0.1, 0.15) is 16.8 Å². The average Bonchev–Trinajstić information content (AvgIpc) is 3.78. The van der Waals surface area contributed by atoms with Crippen LogP contribution in [0.4, 0.5) is 0 Å². The Balaban J connectivity index is 1.38. The molecule has 218 valence electrons. The number of benzene rings is 5. The Labute approximate surface area is 267 Å². The van der Waals surface area contributed by atoms with E-state index in [1.54, 1.807) is 0 Å². The Hall–Kier alpha value is -6.53. The summed E-state index contributed by atoms with van der Waals surface area (Å²) in [5.74, 6) is 0. The van der Waals surface area contributed by atoms with Crippen LogP contribution in [0.3, 0.4) is 0 Å². The molecule has 0 aliphatic carbocycles. The zero-order valence-corrected chi connectivity index (χ0v) is 25.0. The van der Waals surface area contributed by atoms with Crippen molar-refractivity contribution in [3.8, 4) is 11.4 Å². The van der Waals surface area contributed by atoms with E-state index in [2.05, 4.69) is 134 Å². The fraction of sp³-hybridized carbons (Fsp3) is 0. The molecule has 6 heterocycles. The highest BCUT2D eigenvalue weighted by Crippen LogP contribution is 2.42. The molecule has 6 nitrogen and oxygen atoms in total. The first-order valence-corrected chi connectivity index (χ1v) is 15.8. The second-order valence-corrected chi connectivity index (χ2v) is 12.2. The Morgan fingerprint density at radius 2 is 1.04 bits per heavy atom. The first-order chi connectivity index (χ1) is 23.3. The van der Waals surface area contributed by atoms with Gasteiger partial charge in [0.25, 0.3) is 0 Å². The standard InChI is InChI=1S/C41H24N6/c1-3-10-25(11-4-1)45-35-16-8-7-14-27(35)30-20-31-32-21-33-29(22-37(32)46(39(31)23-38(30)45)26-12-5-2-6-13-26)28-15-9-18-43-40(28)47-36-17-19-42-24-34(36)44-41(33)47/h1-24H. The summed E-state index contributed by atoms with van der Waals surface area (Å²) in [7, 11) is 0. The van der Waals surface area contributed by atoms with Crippen LogP contribution < -0.4 is 0 Å². The number of hydrogen-bond donors (Lipinski definition) is 0. The van der Waals surface area contributed by atoms with E-state index < -0.39 is 0 Å². The summed E-state index contributed by atoms with van der Waals surface area (Å²) >= 11 is 0. The first-order valence-electron chi connectivity index (χ1n) is 15.8. The molecule has 0 aliphatic rings. The summed E-state index contributed by atoms with van der Waals surface area (Å²) in [5, 5.41) is 8.16. The van der Waals surface area contributed by atoms with E-state index in [1.807, 2.05) is 30.7 Å². The van der Waals surface area contributed by atoms with Gasteiger partial charge in [0.15, 0.2) is 0 Å². The minimum absolute atomic E-state index is 0.856. The molecule has 0 spiro atoms. The molecule has 0 saturated heterocycles. The molecule has 0 aliphatic heterocycles. The summed E-state index contributed by atoms with van der Waals surface area (Å²) in [4.78, 5) is 14.4. The van der Waals surface area contributed by atoms with E-state index in [4.69, 9.17) is 9.97 Å². The van der Waals surface area contributed by atoms with E-state index in [0.29, 0.717) is 0 Å². The molecule has 0 amide bonds. The SMILES string of the molecule is c1ccc(-n2c3ccccc3c3cc4c5cc6c(cc5n(-c5ccccc5)c4cc32)c2cccnc2n2c3ccncc3nc62)cc1. The van der Waals surface area contributed by atoms with Gasteiger partial charge in [-0.15, -0.1) is 0 Å². The predicted octanol–water partition coefficient (Wildman–Crippen LogP) is 9.78. The maximum Gasteiger partial charge on any atom is 0.147 e. The smallest absolute Gasteiger partial charge is 0.147 e. The van der Waals surface area contributed by atoms with E-state index >= 15 is 0 Å². The van der Waals surface area contributed by atoms with E-state index in [9.17, 15) is 0 Å². The number of pyridine rings is 3. The quantitative estimate of drug-likeness (QED) is 0.186. The molecule has 47 heavy (non-hydrogen) atoms. The lowest BCUT2D eigenvalue weighted by Crippen LogP contribution is -1.96. The topological polar surface area (TPSA) is 52.9 Å². The number of imidazole rings is 1. The van der Waals surface area contributed by atoms with Crippen molar-refractivity contribution in [3.05, 3.63) is 146 Å². The maximum atomic E-state index is 5.12. The van der Waals surface area contributed by atoms with Gasteiger partial charge >= 0.3 is 0 Å². The Kier molecular flexibility index (Phi) is 4.75. The minimum atomic E-state index is 0.856. The monoisotopic (exact) mass is 600 g/mol. The fourth-order valence-corrected chi connectivity index (χ4v) is 7.75. The molecule has 0 fully saturated rings. The van der Waals surface area contributed by atoms with Crippen LogP contribution in [0.15, 0.2) is 146 Å². The predicted molar refractivity (Wildman–Crippen MR) is 192 cm³/mol. The third-order valence-electron chi connectivity index (χ3n) is 9.71. The molecule has 5 aromatic carbocycles. The highest BCUT2D eigenvalue weighted by molar-refractivity contribution is 6.24. The number of rotatable bonds is 2. The summed E-state index contributed by atoms with van der Waals surface area (Å²) in [6.07, 6.45) is 5.52. The van der Waals surface area contributed by atoms with Gasteiger partial charge in [-0.2, -0.15) is 0 Å². The van der Waals surface area contributed by atoms with Crippen molar-refractivity contribution in [1.82, 2.24) is 28.5 Å². The van der Waals surface area contributed by atoms with Crippen LogP contribution in [0.25, 0.3) is 93.5 Å². The van der Waals surface area contributed by atoms with Gasteiger partial charge in [-0.25, -0.2) is 9.97 Å². The van der Waals surface area contributed by atoms with Gasteiger partial charge in [0, 0.05) is 56.1 Å². The van der Waals surface area contributed by atoms with Crippen molar-refractivity contribution in [1.29, 1.82) is 0 Å². The van der Waals surface area contributed by atoms with Crippen molar-refractivity contribution >= 4 is 82.1 Å². The molecule has 6 aromatic heterocycles. The molecular weight excluding hydrogens is 576 g/mol. The van der Waals surface area contributed by atoms with E-state index in [-0.39, 0.29) is 0 Å². The molecular formula is C41H24N6. The summed E-state index contributed by atoms with van der Waals surface area (Å²) in [6.45, 7) is 0. The molecule has 0 unspecified atom stereocenters. The lowest BCUT2D eigenvalue weighted by atomic mass is 10.0. The van der Waals surface area contributed by atoms with Crippen molar-refractivity contribution in [2.75, 3.05) is 0 Å². The second kappa shape index (κ2) is 9.02. The lowest BCUT2D eigenvalue weighted by Gasteiger charge is -2.11. The van der Waals surface area contributed by atoms with Gasteiger partial charge in [-0.3, -0.25) is 9.38 Å². The molecule has 0 saturated carbocycles. The lowest BCUT2D eigenvalue weighted by molar-refractivity contribution is 1.17. The van der Waals surface area contributed by atoms with Crippen LogP contribution in [0, 0.1) is 0 Å². The number of para-hydroxylation sites is 3. The van der Waals surface area contributed by atoms with Gasteiger partial charge in [-0.05, 0) is 78.2 Å². The van der Waals surface area contributed by atoms with Crippen molar-refractivity contribution in [3.63, 3.8) is 0 Å². The van der Waals surface area contributed by atoms with Gasteiger partial charge in [-0.1, -0.05) is 54.6 Å². The van der Waals surface area contributed by atoms with E-state index in [0.717, 1.165) is 60.9 Å². The van der Waals surface area contributed by atoms with Crippen molar-refractivity contribution in [2.45, 2.75) is 0 Å². The molecule has 11 rings (SSSR count). The Bertz CT molecular complexity index is 3060. The molecule has 6 heteroatoms. The summed E-state index contributed by atoms with van der Waals surface area (Å²) in [6, 6.07) is 45.7. The fourth-order valence-electron chi connectivity index (χ4n) is 7.75. The van der Waals surface area contributed by atoms with Crippen LogP contribution in [0.1, 0.15) is 0 Å². The second-order valence-electron chi connectivity index (χ2n) is 12.2. The van der Waals surface area contributed by atoms with Gasteiger partial charge in [0.05, 0.1) is 33.8 Å². The zero-order valence-electron chi connectivity index (χ0n) is 25.0. The first kappa shape index (κ1) is 24.8. The van der Waals surface area contributed by atoms with Crippen LogP contribution in [0.2, 0.25) is 0 Å². The molecule has 0 radical (unpaired) electrons. The normalized spacial score (nSPS) is 12.3. The number of hydrogen-bond acceptors (Lipinski definition) is 3. The maximum absolute atomic E-state index is 5.12. The average molecular weight is 601 g/mol. The van der Waals surface area contributed by atoms with Gasteiger partial charge < -0.3 is 9.13 Å². The van der Waals surface area contributed by atoms with Crippen LogP contribution in [-0.4, -0.2) is 28.5 Å². The van der Waals surface area contributed by atoms with Crippen molar-refractivity contribution < 1.29 is 0 Å². The zero-order chi connectivity index (χ0) is 30.6. The van der Waals surface area contributed by atoms with Crippen LogP contribution >= 0.6 is 0 Å². The Morgan fingerprint density at radius 1 is 0.404 bits per heavy atom. The third kappa shape index (κ3) is 3.26. The van der Waals surface area contributed by atoms with E-state index in [1.165, 1.54) is 32.6 Å². The van der Waals surface area contributed by atoms with Gasteiger partial charge in [0.2, 0.25) is 0 Å². The molecule has 0 bridgehead atoms. The molecule has 0 atom stereocenters. The largest absolute Gasteiger partial charge is 0.309 e. The third-order valence-corrected chi connectivity index (χ3v) is 9.71. The molecule has 11 aromatic rings. The van der Waals surface area contributed by atoms with Crippen LogP contribution in [0.5, 0.6) is 0 Å². The summed E-state index contributed by atoms with van der Waals surface area (Å²) in [5.41, 5.74) is 10.6. The highest BCUT2D eigenvalue weighted by Gasteiger charge is 2.21. The van der Waals surface area contributed by atoms with Crippen molar-refractivity contribution in [2.24, 2.45) is 0 Å². The highest BCUT2D eigenvalue weighted by atomic mass is 15.1. The summed E-state index contributed by atoms with van der Waals surface area (Å²) < 4.78 is 6.98. The number of nitrogens with zero attached hydrogens (tertiary/aromatic N) is 6. The Morgan fingerprint density at radius 3 is 1.83 bits per heavy atom. The van der Waals surface area contributed by atoms with Crippen LogP contribution in [-0.2, 0) is 0 Å². The number of aromatic nitrogens is 6. The number of fused-ring (bicyclic) bond motifs is 14.